The molecule has 0 saturated carbocycles. The van der Waals surface area contributed by atoms with E-state index in [4.69, 9.17) is 11.6 Å². The summed E-state index contributed by atoms with van der Waals surface area (Å²) < 4.78 is 41.2. The number of rotatable bonds is 7. The van der Waals surface area contributed by atoms with Crippen molar-refractivity contribution in [3.8, 4) is 17.0 Å². The number of aromatic nitrogens is 3. The van der Waals surface area contributed by atoms with Crippen molar-refractivity contribution in [1.82, 2.24) is 15.0 Å². The summed E-state index contributed by atoms with van der Waals surface area (Å²) in [5.74, 6) is 0.390. The van der Waals surface area contributed by atoms with Gasteiger partial charge in [0.2, 0.25) is 5.95 Å². The van der Waals surface area contributed by atoms with E-state index in [0.29, 0.717) is 23.1 Å². The van der Waals surface area contributed by atoms with Crippen LogP contribution in [0.1, 0.15) is 20.3 Å². The molecule has 6 nitrogen and oxygen atoms in total. The molecule has 0 radical (unpaired) electrons. The van der Waals surface area contributed by atoms with Gasteiger partial charge in [-0.2, -0.15) is 4.98 Å². The number of halogens is 4. The van der Waals surface area contributed by atoms with Crippen LogP contribution >= 0.6 is 11.6 Å². The first-order valence-electron chi connectivity index (χ1n) is 9.12. The lowest BCUT2D eigenvalue weighted by Crippen LogP contribution is -2.17. The molecule has 1 atom stereocenters. The summed E-state index contributed by atoms with van der Waals surface area (Å²) in [4.78, 5) is 13.0. The third-order valence-corrected chi connectivity index (χ3v) is 4.42. The predicted octanol–water partition coefficient (Wildman–Crippen LogP) is 6.04. The van der Waals surface area contributed by atoms with Crippen LogP contribution < -0.4 is 15.4 Å². The van der Waals surface area contributed by atoms with Gasteiger partial charge in [-0.05, 0) is 43.7 Å². The monoisotopic (exact) mass is 437 g/mol. The minimum atomic E-state index is -4.82. The lowest BCUT2D eigenvalue weighted by molar-refractivity contribution is -0.274. The van der Waals surface area contributed by atoms with Gasteiger partial charge in [0.1, 0.15) is 11.6 Å². The van der Waals surface area contributed by atoms with Crippen LogP contribution in [0.5, 0.6) is 5.75 Å². The minimum Gasteiger partial charge on any atom is -0.404 e. The Morgan fingerprint density at radius 1 is 1.10 bits per heavy atom. The van der Waals surface area contributed by atoms with E-state index in [2.05, 4.69) is 30.3 Å². The van der Waals surface area contributed by atoms with Crippen molar-refractivity contribution >= 4 is 29.1 Å². The highest BCUT2D eigenvalue weighted by Crippen LogP contribution is 2.33. The number of nitrogens with one attached hydrogen (secondary N) is 2. The van der Waals surface area contributed by atoms with Crippen molar-refractivity contribution in [2.45, 2.75) is 32.7 Å². The van der Waals surface area contributed by atoms with E-state index in [1.54, 1.807) is 18.5 Å². The molecule has 30 heavy (non-hydrogen) atoms. The molecule has 1 aromatic carbocycles. The number of hydrogen-bond acceptors (Lipinski definition) is 6. The second kappa shape index (κ2) is 9.17. The molecular formula is C20H19ClF3N5O. The van der Waals surface area contributed by atoms with E-state index in [-0.39, 0.29) is 11.1 Å². The molecule has 158 valence electrons. The van der Waals surface area contributed by atoms with Crippen LogP contribution in [-0.2, 0) is 0 Å². The van der Waals surface area contributed by atoms with E-state index in [0.717, 1.165) is 18.1 Å². The number of pyridine rings is 1. The summed E-state index contributed by atoms with van der Waals surface area (Å²) >= 11 is 5.93. The first-order valence-corrected chi connectivity index (χ1v) is 9.49. The summed E-state index contributed by atoms with van der Waals surface area (Å²) in [6.45, 7) is 4.05. The van der Waals surface area contributed by atoms with Gasteiger partial charge in [0, 0.05) is 35.8 Å². The van der Waals surface area contributed by atoms with Crippen LogP contribution in [0, 0.1) is 0 Å². The molecule has 2 heterocycles. The molecule has 0 aliphatic carbocycles. The fourth-order valence-electron chi connectivity index (χ4n) is 2.50. The highest BCUT2D eigenvalue weighted by atomic mass is 35.5. The topological polar surface area (TPSA) is 72.0 Å². The van der Waals surface area contributed by atoms with Gasteiger partial charge in [-0.25, -0.2) is 4.98 Å². The third-order valence-electron chi connectivity index (χ3n) is 4.12. The summed E-state index contributed by atoms with van der Waals surface area (Å²) in [6.07, 6.45) is -0.625. The molecule has 10 heteroatoms. The molecule has 0 spiro atoms. The number of alkyl halides is 3. The molecule has 0 aliphatic rings. The summed E-state index contributed by atoms with van der Waals surface area (Å²) in [5.41, 5.74) is 1.95. The second-order valence-electron chi connectivity index (χ2n) is 6.47. The smallest absolute Gasteiger partial charge is 0.404 e. The van der Waals surface area contributed by atoms with Gasteiger partial charge in [-0.1, -0.05) is 18.5 Å². The van der Waals surface area contributed by atoms with Gasteiger partial charge in [-0.15, -0.1) is 13.2 Å². The van der Waals surface area contributed by atoms with Crippen molar-refractivity contribution in [3.63, 3.8) is 0 Å². The highest BCUT2D eigenvalue weighted by molar-refractivity contribution is 6.32. The molecule has 0 unspecified atom stereocenters. The Morgan fingerprint density at radius 3 is 2.47 bits per heavy atom. The Morgan fingerprint density at radius 2 is 1.83 bits per heavy atom. The number of benzene rings is 1. The van der Waals surface area contributed by atoms with E-state index in [9.17, 15) is 13.2 Å². The van der Waals surface area contributed by atoms with E-state index in [1.807, 2.05) is 26.0 Å². The van der Waals surface area contributed by atoms with Crippen LogP contribution in [0.3, 0.4) is 0 Å². The van der Waals surface area contributed by atoms with E-state index < -0.39 is 12.1 Å². The van der Waals surface area contributed by atoms with Crippen molar-refractivity contribution in [2.75, 3.05) is 10.6 Å². The zero-order chi connectivity index (χ0) is 21.7. The molecular weight excluding hydrogens is 419 g/mol. The maximum atomic E-state index is 12.4. The lowest BCUT2D eigenvalue weighted by atomic mass is 10.2. The molecule has 0 aliphatic heterocycles. The number of anilines is 3. The zero-order valence-corrected chi connectivity index (χ0v) is 16.9. The maximum absolute atomic E-state index is 12.4. The largest absolute Gasteiger partial charge is 0.573 e. The molecule has 0 bridgehead atoms. The first-order chi connectivity index (χ1) is 14.2. The van der Waals surface area contributed by atoms with Crippen LogP contribution in [0.25, 0.3) is 11.3 Å². The SMILES string of the molecule is CC[C@@H](C)Nc1nc(Nc2ccc(OC(F)(F)F)c(Cl)c2)cc(-c2ccncc2)n1. The normalized spacial score (nSPS) is 12.3. The average Bonchev–Trinajstić information content (AvgIpc) is 2.69. The lowest BCUT2D eigenvalue weighted by Gasteiger charge is -2.15. The number of hydrogen-bond donors (Lipinski definition) is 2. The predicted molar refractivity (Wildman–Crippen MR) is 110 cm³/mol. The molecule has 3 rings (SSSR count). The fourth-order valence-corrected chi connectivity index (χ4v) is 2.72. The van der Waals surface area contributed by atoms with Crippen LogP contribution in [0.4, 0.5) is 30.6 Å². The standard InChI is InChI=1S/C20H19ClF3N5O/c1-3-12(2)26-19-28-16(13-6-8-25-9-7-13)11-18(29-19)27-14-4-5-17(15(21)10-14)30-20(22,23)24/h4-12H,3H2,1-2H3,(H2,26,27,28,29)/t12-/m1/s1. The summed E-state index contributed by atoms with van der Waals surface area (Å²) in [6, 6.07) is 9.41. The van der Waals surface area contributed by atoms with Crippen LogP contribution in [0.2, 0.25) is 5.02 Å². The van der Waals surface area contributed by atoms with Gasteiger partial charge < -0.3 is 15.4 Å². The van der Waals surface area contributed by atoms with Gasteiger partial charge in [-0.3, -0.25) is 4.98 Å². The van der Waals surface area contributed by atoms with Gasteiger partial charge >= 0.3 is 6.36 Å². The summed E-state index contributed by atoms with van der Waals surface area (Å²) in [5, 5.41) is 6.09. The molecule has 2 N–H and O–H groups in total. The van der Waals surface area contributed by atoms with Gasteiger partial charge in [0.15, 0.2) is 0 Å². The highest BCUT2D eigenvalue weighted by Gasteiger charge is 2.32. The molecule has 0 amide bonds. The minimum absolute atomic E-state index is 0.152. The van der Waals surface area contributed by atoms with E-state index in [1.165, 1.54) is 12.1 Å². The first kappa shape index (κ1) is 21.6. The Labute approximate surface area is 176 Å². The Hall–Kier alpha value is -3.07. The molecule has 0 saturated heterocycles. The molecule has 2 aromatic heterocycles. The van der Waals surface area contributed by atoms with Crippen LogP contribution in [0.15, 0.2) is 48.8 Å². The van der Waals surface area contributed by atoms with Crippen molar-refractivity contribution < 1.29 is 17.9 Å². The number of nitrogens with zero attached hydrogens (tertiary/aromatic N) is 3. The van der Waals surface area contributed by atoms with Crippen molar-refractivity contribution in [1.29, 1.82) is 0 Å². The Bertz CT molecular complexity index is 1000. The quantitative estimate of drug-likeness (QED) is 0.469. The maximum Gasteiger partial charge on any atom is 0.573 e. The van der Waals surface area contributed by atoms with Crippen molar-refractivity contribution in [3.05, 3.63) is 53.8 Å². The third kappa shape index (κ3) is 5.96. The van der Waals surface area contributed by atoms with E-state index >= 15 is 0 Å². The molecule has 0 fully saturated rings. The Kier molecular flexibility index (Phi) is 6.61. The van der Waals surface area contributed by atoms with Gasteiger partial charge in [0.25, 0.3) is 0 Å². The second-order valence-corrected chi connectivity index (χ2v) is 6.88. The summed E-state index contributed by atoms with van der Waals surface area (Å²) in [7, 11) is 0. The fraction of sp³-hybridized carbons (Fsp3) is 0.250. The van der Waals surface area contributed by atoms with Crippen LogP contribution in [-0.4, -0.2) is 27.4 Å². The van der Waals surface area contributed by atoms with Gasteiger partial charge in [0.05, 0.1) is 10.7 Å². The number of ether oxygens (including phenoxy) is 1. The Balaban J connectivity index is 1.91. The molecule has 3 aromatic rings. The van der Waals surface area contributed by atoms with Crippen molar-refractivity contribution in [2.24, 2.45) is 0 Å². The average molecular weight is 438 g/mol. The zero-order valence-electron chi connectivity index (χ0n) is 16.2.